The zero-order valence-corrected chi connectivity index (χ0v) is 9.84. The Morgan fingerprint density at radius 1 is 1.33 bits per heavy atom. The van der Waals surface area contributed by atoms with Crippen LogP contribution in [-0.2, 0) is 0 Å². The first-order chi connectivity index (χ1) is 8.34. The molecule has 102 valence electrons. The lowest BCUT2D eigenvalue weighted by atomic mass is 10.0. The number of hydrogen-bond acceptors (Lipinski definition) is 2. The highest BCUT2D eigenvalue weighted by molar-refractivity contribution is 5.20. The average Bonchev–Trinajstić information content (AvgIpc) is 2.28. The van der Waals surface area contributed by atoms with E-state index in [9.17, 15) is 17.6 Å². The van der Waals surface area contributed by atoms with Gasteiger partial charge >= 0.3 is 6.18 Å². The second-order valence-electron chi connectivity index (χ2n) is 3.98. The molecule has 0 aliphatic rings. The molecular weight excluding hydrogens is 250 g/mol. The van der Waals surface area contributed by atoms with Gasteiger partial charge in [0.2, 0.25) is 0 Å². The van der Waals surface area contributed by atoms with E-state index in [2.05, 4.69) is 5.32 Å². The number of alkyl halides is 3. The van der Waals surface area contributed by atoms with Gasteiger partial charge in [0.25, 0.3) is 0 Å². The van der Waals surface area contributed by atoms with Crippen molar-refractivity contribution in [2.75, 3.05) is 6.54 Å². The monoisotopic (exact) mass is 265 g/mol. The normalized spacial score (nSPS) is 15.4. The Morgan fingerprint density at radius 2 is 2.00 bits per heavy atom. The van der Waals surface area contributed by atoms with E-state index < -0.39 is 30.7 Å². The summed E-state index contributed by atoms with van der Waals surface area (Å²) in [5, 5.41) is 11.5. The first-order valence-corrected chi connectivity index (χ1v) is 5.58. The van der Waals surface area contributed by atoms with Crippen LogP contribution in [0.4, 0.5) is 17.6 Å². The van der Waals surface area contributed by atoms with Gasteiger partial charge in [-0.05, 0) is 24.1 Å². The molecule has 18 heavy (non-hydrogen) atoms. The highest BCUT2D eigenvalue weighted by Gasteiger charge is 2.38. The number of benzene rings is 1. The quantitative estimate of drug-likeness (QED) is 0.802. The van der Waals surface area contributed by atoms with Crippen molar-refractivity contribution in [2.24, 2.45) is 0 Å². The number of aliphatic hydroxyl groups excluding tert-OH is 1. The van der Waals surface area contributed by atoms with E-state index in [4.69, 9.17) is 5.11 Å². The summed E-state index contributed by atoms with van der Waals surface area (Å²) in [7, 11) is 0. The molecule has 0 spiro atoms. The molecule has 2 nitrogen and oxygen atoms in total. The molecule has 0 saturated heterocycles. The van der Waals surface area contributed by atoms with E-state index in [-0.39, 0.29) is 0 Å². The highest BCUT2D eigenvalue weighted by atomic mass is 19.4. The summed E-state index contributed by atoms with van der Waals surface area (Å²) in [4.78, 5) is 0. The number of halogens is 4. The standard InChI is InChI=1S/C12H15F4NO/c1-2-10(8-4-3-5-9(13)6-8)17-7-11(18)12(14,15)16/h3-6,10-11,17-18H,2,7H2,1H3. The molecule has 0 amide bonds. The molecule has 0 radical (unpaired) electrons. The second-order valence-corrected chi connectivity index (χ2v) is 3.98. The zero-order valence-electron chi connectivity index (χ0n) is 9.84. The topological polar surface area (TPSA) is 32.3 Å². The maximum Gasteiger partial charge on any atom is 0.415 e. The smallest absolute Gasteiger partial charge is 0.382 e. The van der Waals surface area contributed by atoms with E-state index in [1.807, 2.05) is 0 Å². The Hall–Kier alpha value is -1.14. The minimum Gasteiger partial charge on any atom is -0.382 e. The van der Waals surface area contributed by atoms with E-state index in [1.54, 1.807) is 13.0 Å². The van der Waals surface area contributed by atoms with Gasteiger partial charge in [0, 0.05) is 12.6 Å². The van der Waals surface area contributed by atoms with Crippen molar-refractivity contribution >= 4 is 0 Å². The van der Waals surface area contributed by atoms with Crippen LogP contribution in [-0.4, -0.2) is 23.9 Å². The first kappa shape index (κ1) is 14.9. The summed E-state index contributed by atoms with van der Waals surface area (Å²) in [6, 6.07) is 5.24. The van der Waals surface area contributed by atoms with Gasteiger partial charge in [0.05, 0.1) is 0 Å². The SMILES string of the molecule is CCC(NCC(O)C(F)(F)F)c1cccc(F)c1. The van der Waals surface area contributed by atoms with Gasteiger partial charge in [-0.25, -0.2) is 4.39 Å². The van der Waals surface area contributed by atoms with Crippen LogP contribution in [0.1, 0.15) is 24.9 Å². The van der Waals surface area contributed by atoms with Gasteiger partial charge in [-0.1, -0.05) is 19.1 Å². The van der Waals surface area contributed by atoms with Crippen molar-refractivity contribution in [3.63, 3.8) is 0 Å². The van der Waals surface area contributed by atoms with Gasteiger partial charge in [-0.3, -0.25) is 0 Å². The summed E-state index contributed by atoms with van der Waals surface area (Å²) >= 11 is 0. The van der Waals surface area contributed by atoms with Crippen molar-refractivity contribution in [1.82, 2.24) is 5.32 Å². The van der Waals surface area contributed by atoms with Crippen LogP contribution in [0.15, 0.2) is 24.3 Å². The minimum absolute atomic E-state index is 0.419. The molecule has 0 aromatic heterocycles. The van der Waals surface area contributed by atoms with Crippen LogP contribution < -0.4 is 5.32 Å². The van der Waals surface area contributed by atoms with Crippen molar-refractivity contribution in [3.8, 4) is 0 Å². The average molecular weight is 265 g/mol. The molecule has 2 N–H and O–H groups in total. The first-order valence-electron chi connectivity index (χ1n) is 5.58. The molecule has 0 aliphatic heterocycles. The van der Waals surface area contributed by atoms with Crippen LogP contribution in [0, 0.1) is 5.82 Å². The fraction of sp³-hybridized carbons (Fsp3) is 0.500. The lowest BCUT2D eigenvalue weighted by molar-refractivity contribution is -0.202. The fourth-order valence-corrected chi connectivity index (χ4v) is 1.59. The third kappa shape index (κ3) is 4.27. The predicted molar refractivity (Wildman–Crippen MR) is 59.5 cm³/mol. The van der Waals surface area contributed by atoms with Crippen LogP contribution in [0.5, 0.6) is 0 Å². The second kappa shape index (κ2) is 6.15. The van der Waals surface area contributed by atoms with E-state index in [0.717, 1.165) is 0 Å². The van der Waals surface area contributed by atoms with Crippen LogP contribution in [0.25, 0.3) is 0 Å². The molecule has 2 unspecified atom stereocenters. The molecule has 0 heterocycles. The fourth-order valence-electron chi connectivity index (χ4n) is 1.59. The third-order valence-electron chi connectivity index (χ3n) is 2.59. The van der Waals surface area contributed by atoms with Crippen molar-refractivity contribution in [3.05, 3.63) is 35.6 Å². The number of rotatable bonds is 5. The number of aliphatic hydroxyl groups is 1. The maximum atomic E-state index is 13.0. The van der Waals surface area contributed by atoms with E-state index in [1.165, 1.54) is 18.2 Å². The van der Waals surface area contributed by atoms with Crippen molar-refractivity contribution < 1.29 is 22.7 Å². The highest BCUT2D eigenvalue weighted by Crippen LogP contribution is 2.21. The molecule has 0 fully saturated rings. The number of hydrogen-bond donors (Lipinski definition) is 2. The Kier molecular flexibility index (Phi) is 5.10. The zero-order chi connectivity index (χ0) is 13.8. The molecule has 0 saturated carbocycles. The Bertz CT molecular complexity index is 381. The van der Waals surface area contributed by atoms with E-state index in [0.29, 0.717) is 12.0 Å². The Labute approximate surface area is 103 Å². The molecular formula is C12H15F4NO. The predicted octanol–water partition coefficient (Wildman–Crippen LogP) is 2.79. The minimum atomic E-state index is -4.65. The summed E-state index contributed by atoms with van der Waals surface area (Å²) in [6.07, 6.45) is -6.57. The Morgan fingerprint density at radius 3 is 2.50 bits per heavy atom. The largest absolute Gasteiger partial charge is 0.415 e. The van der Waals surface area contributed by atoms with Gasteiger partial charge in [0.15, 0.2) is 6.10 Å². The van der Waals surface area contributed by atoms with E-state index >= 15 is 0 Å². The molecule has 1 rings (SSSR count). The number of nitrogens with one attached hydrogen (secondary N) is 1. The maximum absolute atomic E-state index is 13.0. The van der Waals surface area contributed by atoms with Crippen LogP contribution in [0.2, 0.25) is 0 Å². The molecule has 0 bridgehead atoms. The molecule has 0 aliphatic carbocycles. The van der Waals surface area contributed by atoms with Crippen LogP contribution in [0.3, 0.4) is 0 Å². The molecule has 1 aromatic rings. The molecule has 2 atom stereocenters. The van der Waals surface area contributed by atoms with Crippen LogP contribution >= 0.6 is 0 Å². The van der Waals surface area contributed by atoms with Gasteiger partial charge in [-0.2, -0.15) is 13.2 Å². The molecule has 6 heteroatoms. The lowest BCUT2D eigenvalue weighted by Crippen LogP contribution is -2.39. The van der Waals surface area contributed by atoms with Gasteiger partial charge in [0.1, 0.15) is 5.82 Å². The van der Waals surface area contributed by atoms with Gasteiger partial charge in [-0.15, -0.1) is 0 Å². The Balaban J connectivity index is 2.63. The van der Waals surface area contributed by atoms with Gasteiger partial charge < -0.3 is 10.4 Å². The third-order valence-corrected chi connectivity index (χ3v) is 2.59. The summed E-state index contributed by atoms with van der Waals surface area (Å²) in [6.45, 7) is 1.15. The summed E-state index contributed by atoms with van der Waals surface area (Å²) in [5.74, 6) is -0.441. The van der Waals surface area contributed by atoms with Crippen molar-refractivity contribution in [1.29, 1.82) is 0 Å². The summed E-state index contributed by atoms with van der Waals surface area (Å²) < 4.78 is 49.4. The summed E-state index contributed by atoms with van der Waals surface area (Å²) in [5.41, 5.74) is 0.562. The lowest BCUT2D eigenvalue weighted by Gasteiger charge is -2.21. The van der Waals surface area contributed by atoms with Crippen molar-refractivity contribution in [2.45, 2.75) is 31.7 Å². The molecule has 1 aromatic carbocycles.